The quantitative estimate of drug-likeness (QED) is 0.918. The zero-order valence-electron chi connectivity index (χ0n) is 11.4. The summed E-state index contributed by atoms with van der Waals surface area (Å²) >= 11 is 1.77. The smallest absolute Gasteiger partial charge is 0.0940 e. The fourth-order valence-electron chi connectivity index (χ4n) is 2.84. The fraction of sp³-hybridized carbons (Fsp3) is 0.438. The normalized spacial score (nSPS) is 18.3. The molecule has 2 nitrogen and oxygen atoms in total. The molecule has 1 aromatic carbocycles. The van der Waals surface area contributed by atoms with Crippen molar-refractivity contribution in [2.45, 2.75) is 38.6 Å². The van der Waals surface area contributed by atoms with Gasteiger partial charge < -0.3 is 5.32 Å². The van der Waals surface area contributed by atoms with Gasteiger partial charge in [-0.15, -0.1) is 11.3 Å². The number of nitrogens with one attached hydrogen (secondary N) is 1. The van der Waals surface area contributed by atoms with Crippen LogP contribution in [0, 0.1) is 6.92 Å². The maximum Gasteiger partial charge on any atom is 0.0940 e. The Balaban J connectivity index is 1.59. The zero-order chi connectivity index (χ0) is 13.1. The Kier molecular flexibility index (Phi) is 3.95. The van der Waals surface area contributed by atoms with Gasteiger partial charge in [-0.3, -0.25) is 0 Å². The lowest BCUT2D eigenvalue weighted by atomic mass is 9.88. The minimum Gasteiger partial charge on any atom is -0.310 e. The summed E-state index contributed by atoms with van der Waals surface area (Å²) in [6.07, 6.45) is 4.83. The van der Waals surface area contributed by atoms with Gasteiger partial charge in [-0.25, -0.2) is 4.98 Å². The maximum absolute atomic E-state index is 4.52. The van der Waals surface area contributed by atoms with E-state index in [1.54, 1.807) is 11.3 Å². The van der Waals surface area contributed by atoms with Crippen molar-refractivity contribution in [3.63, 3.8) is 0 Å². The number of fused-ring (bicyclic) bond motifs is 1. The van der Waals surface area contributed by atoms with Gasteiger partial charge in [-0.1, -0.05) is 24.3 Å². The Bertz CT molecular complexity index is 547. The molecule has 0 amide bonds. The first-order chi connectivity index (χ1) is 9.33. The van der Waals surface area contributed by atoms with Crippen LogP contribution >= 0.6 is 11.3 Å². The van der Waals surface area contributed by atoms with E-state index >= 15 is 0 Å². The average molecular weight is 272 g/mol. The minimum atomic E-state index is 0.533. The van der Waals surface area contributed by atoms with E-state index in [0.29, 0.717) is 6.04 Å². The van der Waals surface area contributed by atoms with Crippen LogP contribution in [-0.2, 0) is 12.8 Å². The molecule has 0 bridgehead atoms. The van der Waals surface area contributed by atoms with Gasteiger partial charge in [-0.2, -0.15) is 0 Å². The predicted octanol–water partition coefficient (Wildman–Crippen LogP) is 3.66. The molecule has 3 rings (SSSR count). The van der Waals surface area contributed by atoms with Crippen molar-refractivity contribution in [1.29, 1.82) is 0 Å². The summed E-state index contributed by atoms with van der Waals surface area (Å²) in [6, 6.07) is 9.39. The summed E-state index contributed by atoms with van der Waals surface area (Å²) in [5, 5.41) is 7.08. The van der Waals surface area contributed by atoms with Gasteiger partial charge in [0.25, 0.3) is 0 Å². The highest BCUT2D eigenvalue weighted by Crippen LogP contribution is 2.29. The number of nitrogens with zero attached hydrogens (tertiary/aromatic N) is 1. The van der Waals surface area contributed by atoms with E-state index in [2.05, 4.69) is 46.9 Å². The molecule has 0 saturated heterocycles. The Labute approximate surface area is 118 Å². The van der Waals surface area contributed by atoms with Crippen LogP contribution in [0.3, 0.4) is 0 Å². The summed E-state index contributed by atoms with van der Waals surface area (Å²) in [5.74, 6) is 0. The second-order valence-electron chi connectivity index (χ2n) is 5.23. The third kappa shape index (κ3) is 3.04. The monoisotopic (exact) mass is 272 g/mol. The number of aromatic nitrogens is 1. The molecule has 1 aliphatic rings. The lowest BCUT2D eigenvalue weighted by Gasteiger charge is -2.26. The van der Waals surface area contributed by atoms with Crippen LogP contribution in [-0.4, -0.2) is 11.5 Å². The highest BCUT2D eigenvalue weighted by Gasteiger charge is 2.18. The van der Waals surface area contributed by atoms with Gasteiger partial charge in [0, 0.05) is 30.1 Å². The number of hydrogen-bond acceptors (Lipinski definition) is 3. The number of aryl methyl sites for hydroxylation is 2. The Morgan fingerprint density at radius 3 is 3.11 bits per heavy atom. The summed E-state index contributed by atoms with van der Waals surface area (Å²) in [6.45, 7) is 3.08. The van der Waals surface area contributed by atoms with Crippen molar-refractivity contribution in [3.8, 4) is 0 Å². The molecule has 1 heterocycles. The van der Waals surface area contributed by atoms with Crippen LogP contribution < -0.4 is 5.32 Å². The molecule has 1 aliphatic carbocycles. The summed E-state index contributed by atoms with van der Waals surface area (Å²) in [4.78, 5) is 4.52. The molecule has 0 fully saturated rings. The van der Waals surface area contributed by atoms with E-state index < -0.39 is 0 Å². The molecule has 1 aromatic heterocycles. The summed E-state index contributed by atoms with van der Waals surface area (Å²) < 4.78 is 0. The Hall–Kier alpha value is -1.19. The van der Waals surface area contributed by atoms with Crippen molar-refractivity contribution in [1.82, 2.24) is 10.3 Å². The van der Waals surface area contributed by atoms with E-state index in [1.807, 2.05) is 0 Å². The van der Waals surface area contributed by atoms with Crippen LogP contribution in [0.1, 0.15) is 40.7 Å². The molecule has 0 spiro atoms. The zero-order valence-corrected chi connectivity index (χ0v) is 12.2. The van der Waals surface area contributed by atoms with Gasteiger partial charge in [-0.05, 0) is 37.3 Å². The molecule has 2 aromatic rings. The lowest BCUT2D eigenvalue weighted by molar-refractivity contribution is 0.463. The third-order valence-electron chi connectivity index (χ3n) is 3.77. The van der Waals surface area contributed by atoms with Crippen molar-refractivity contribution < 1.29 is 0 Å². The van der Waals surface area contributed by atoms with Crippen LogP contribution in [0.4, 0.5) is 0 Å². The predicted molar refractivity (Wildman–Crippen MR) is 80.7 cm³/mol. The molecule has 1 N–H and O–H groups in total. The van der Waals surface area contributed by atoms with Crippen molar-refractivity contribution in [2.75, 3.05) is 6.54 Å². The minimum absolute atomic E-state index is 0.533. The first-order valence-corrected chi connectivity index (χ1v) is 7.93. The third-order valence-corrected chi connectivity index (χ3v) is 4.79. The second kappa shape index (κ2) is 5.85. The lowest BCUT2D eigenvalue weighted by Crippen LogP contribution is -2.27. The summed E-state index contributed by atoms with van der Waals surface area (Å²) in [5.41, 5.74) is 4.17. The van der Waals surface area contributed by atoms with Crippen LogP contribution in [0.2, 0.25) is 0 Å². The number of thiazole rings is 1. The molecule has 0 saturated carbocycles. The van der Waals surface area contributed by atoms with Crippen molar-refractivity contribution in [2.24, 2.45) is 0 Å². The molecular weight excluding hydrogens is 252 g/mol. The van der Waals surface area contributed by atoms with E-state index in [4.69, 9.17) is 0 Å². The molecule has 1 atom stereocenters. The average Bonchev–Trinajstić information content (AvgIpc) is 2.85. The van der Waals surface area contributed by atoms with E-state index in [9.17, 15) is 0 Å². The van der Waals surface area contributed by atoms with Crippen molar-refractivity contribution in [3.05, 3.63) is 51.5 Å². The van der Waals surface area contributed by atoms with E-state index in [0.717, 1.165) is 18.7 Å². The summed E-state index contributed by atoms with van der Waals surface area (Å²) in [7, 11) is 0. The molecule has 0 aliphatic heterocycles. The molecular formula is C16H20N2S. The highest BCUT2D eigenvalue weighted by molar-refractivity contribution is 7.09. The highest BCUT2D eigenvalue weighted by atomic mass is 32.1. The molecule has 100 valence electrons. The molecule has 1 unspecified atom stereocenters. The Morgan fingerprint density at radius 2 is 2.26 bits per heavy atom. The van der Waals surface area contributed by atoms with Crippen LogP contribution in [0.25, 0.3) is 0 Å². The van der Waals surface area contributed by atoms with Gasteiger partial charge >= 0.3 is 0 Å². The molecule has 3 heteroatoms. The standard InChI is InChI=1S/C16H20N2S/c1-12-11-19-16(18-12)9-10-17-15-8-4-6-13-5-2-3-7-14(13)15/h2-3,5,7,11,15,17H,4,6,8-10H2,1H3. The molecule has 19 heavy (non-hydrogen) atoms. The SMILES string of the molecule is Cc1csc(CCNC2CCCc3ccccc32)n1. The van der Waals surface area contributed by atoms with Gasteiger partial charge in [0.05, 0.1) is 5.01 Å². The van der Waals surface area contributed by atoms with Crippen LogP contribution in [0.15, 0.2) is 29.6 Å². The van der Waals surface area contributed by atoms with E-state index in [-0.39, 0.29) is 0 Å². The number of rotatable bonds is 4. The molecule has 0 radical (unpaired) electrons. The topological polar surface area (TPSA) is 24.9 Å². The fourth-order valence-corrected chi connectivity index (χ4v) is 3.61. The van der Waals surface area contributed by atoms with Gasteiger partial charge in [0.1, 0.15) is 0 Å². The number of benzene rings is 1. The van der Waals surface area contributed by atoms with Gasteiger partial charge in [0.15, 0.2) is 0 Å². The first kappa shape index (κ1) is 12.8. The first-order valence-electron chi connectivity index (χ1n) is 7.05. The van der Waals surface area contributed by atoms with Crippen molar-refractivity contribution >= 4 is 11.3 Å². The maximum atomic E-state index is 4.52. The number of hydrogen-bond donors (Lipinski definition) is 1. The largest absolute Gasteiger partial charge is 0.310 e. The Morgan fingerprint density at radius 1 is 1.37 bits per heavy atom. The van der Waals surface area contributed by atoms with Gasteiger partial charge in [0.2, 0.25) is 0 Å². The van der Waals surface area contributed by atoms with Crippen LogP contribution in [0.5, 0.6) is 0 Å². The van der Waals surface area contributed by atoms with E-state index in [1.165, 1.54) is 35.4 Å². The second-order valence-corrected chi connectivity index (χ2v) is 6.17.